The average Bonchev–Trinajstić information content (AvgIpc) is 2.91. The maximum Gasteiger partial charge on any atom is 0.265 e. The molecule has 16 heavy (non-hydrogen) atoms. The van der Waals surface area contributed by atoms with E-state index in [0.29, 0.717) is 5.69 Å². The fourth-order valence-corrected chi connectivity index (χ4v) is 3.39. The number of carbonyl (C=O) groups excluding carboxylic acids is 1. The normalized spacial score (nSPS) is 10.8. The van der Waals surface area contributed by atoms with Crippen LogP contribution in [0.1, 0.15) is 9.67 Å². The Labute approximate surface area is 98.9 Å². The zero-order chi connectivity index (χ0) is 11.0. The predicted molar refractivity (Wildman–Crippen MR) is 66.2 cm³/mol. The molecule has 0 fully saturated rings. The van der Waals surface area contributed by atoms with E-state index < -0.39 is 0 Å². The summed E-state index contributed by atoms with van der Waals surface area (Å²) in [6.45, 7) is 0. The Balaban J connectivity index is 1.87. The molecule has 3 heterocycles. The molecule has 2 N–H and O–H groups in total. The number of nitrogens with one attached hydrogen (secondary N) is 2. The van der Waals surface area contributed by atoms with Crippen LogP contribution in [0.3, 0.4) is 0 Å². The number of aromatic amines is 1. The molecule has 0 aliphatic heterocycles. The molecule has 0 unspecified atom stereocenters. The molecule has 0 atom stereocenters. The maximum atomic E-state index is 11.8. The lowest BCUT2D eigenvalue weighted by Gasteiger charge is -1.97. The second-order valence-corrected chi connectivity index (χ2v) is 5.23. The van der Waals surface area contributed by atoms with Crippen molar-refractivity contribution in [1.29, 1.82) is 0 Å². The molecule has 1 amide bonds. The van der Waals surface area contributed by atoms with Gasteiger partial charge in [-0.15, -0.1) is 22.7 Å². The third kappa shape index (κ3) is 1.62. The minimum atomic E-state index is -0.0881. The van der Waals surface area contributed by atoms with Crippen LogP contribution in [0.25, 0.3) is 9.40 Å². The first-order valence-corrected chi connectivity index (χ1v) is 6.30. The minimum Gasteiger partial charge on any atom is -0.319 e. The lowest BCUT2D eigenvalue weighted by Crippen LogP contribution is -2.09. The highest BCUT2D eigenvalue weighted by molar-refractivity contribution is 7.27. The van der Waals surface area contributed by atoms with Crippen molar-refractivity contribution in [1.82, 2.24) is 10.2 Å². The number of nitrogens with zero attached hydrogens (tertiary/aromatic N) is 1. The number of carbonyl (C=O) groups is 1. The number of amides is 1. The van der Waals surface area contributed by atoms with Crippen LogP contribution < -0.4 is 5.32 Å². The van der Waals surface area contributed by atoms with Gasteiger partial charge in [-0.2, -0.15) is 5.10 Å². The summed E-state index contributed by atoms with van der Waals surface area (Å²) in [7, 11) is 0. The molecule has 3 rings (SSSR count). The van der Waals surface area contributed by atoms with Crippen LogP contribution in [0, 0.1) is 0 Å². The molecule has 0 aliphatic carbocycles. The van der Waals surface area contributed by atoms with Crippen molar-refractivity contribution in [3.05, 3.63) is 34.8 Å². The first-order valence-electron chi connectivity index (χ1n) is 4.60. The van der Waals surface area contributed by atoms with E-state index in [2.05, 4.69) is 15.5 Å². The van der Waals surface area contributed by atoms with Crippen molar-refractivity contribution in [3.63, 3.8) is 0 Å². The summed E-state index contributed by atoms with van der Waals surface area (Å²) >= 11 is 3.15. The molecule has 0 saturated heterocycles. The van der Waals surface area contributed by atoms with Crippen molar-refractivity contribution in [2.45, 2.75) is 0 Å². The first-order chi connectivity index (χ1) is 7.83. The Bertz CT molecular complexity index is 595. The molecule has 6 heteroatoms. The van der Waals surface area contributed by atoms with Gasteiger partial charge in [0.05, 0.1) is 16.8 Å². The second-order valence-electron chi connectivity index (χ2n) is 3.20. The van der Waals surface area contributed by atoms with E-state index in [-0.39, 0.29) is 5.91 Å². The van der Waals surface area contributed by atoms with Gasteiger partial charge in [0.15, 0.2) is 0 Å². The monoisotopic (exact) mass is 249 g/mol. The van der Waals surface area contributed by atoms with Crippen molar-refractivity contribution in [2.75, 3.05) is 5.32 Å². The zero-order valence-corrected chi connectivity index (χ0v) is 9.69. The quantitative estimate of drug-likeness (QED) is 0.733. The molecule has 80 valence electrons. The van der Waals surface area contributed by atoms with Gasteiger partial charge < -0.3 is 5.32 Å². The Morgan fingerprint density at radius 2 is 2.38 bits per heavy atom. The van der Waals surface area contributed by atoms with E-state index in [0.717, 1.165) is 14.3 Å². The lowest BCUT2D eigenvalue weighted by molar-refractivity contribution is 0.103. The fraction of sp³-hybridized carbons (Fsp3) is 0. The molecule has 0 aromatic carbocycles. The fourth-order valence-electron chi connectivity index (χ4n) is 1.39. The van der Waals surface area contributed by atoms with Crippen molar-refractivity contribution >= 4 is 43.7 Å². The number of rotatable bonds is 2. The number of hydrogen-bond acceptors (Lipinski definition) is 4. The Morgan fingerprint density at radius 1 is 1.44 bits per heavy atom. The summed E-state index contributed by atoms with van der Waals surface area (Å²) in [5, 5.41) is 11.2. The van der Waals surface area contributed by atoms with Crippen LogP contribution in [0.4, 0.5) is 5.69 Å². The lowest BCUT2D eigenvalue weighted by atomic mass is 10.4. The molecular formula is C10H7N3OS2. The number of anilines is 1. The Kier molecular flexibility index (Phi) is 2.23. The molecule has 4 nitrogen and oxygen atoms in total. The summed E-state index contributed by atoms with van der Waals surface area (Å²) in [6, 6.07) is 3.94. The van der Waals surface area contributed by atoms with Crippen LogP contribution in [0.2, 0.25) is 0 Å². The van der Waals surface area contributed by atoms with Crippen LogP contribution in [0.5, 0.6) is 0 Å². The van der Waals surface area contributed by atoms with Gasteiger partial charge in [-0.05, 0) is 17.5 Å². The third-order valence-corrected chi connectivity index (χ3v) is 4.21. The van der Waals surface area contributed by atoms with Crippen LogP contribution in [-0.2, 0) is 0 Å². The highest BCUT2D eigenvalue weighted by Gasteiger charge is 2.11. The Hall–Kier alpha value is -1.66. The topological polar surface area (TPSA) is 57.8 Å². The number of hydrogen-bond donors (Lipinski definition) is 2. The molecule has 0 spiro atoms. The second kappa shape index (κ2) is 3.73. The first kappa shape index (κ1) is 9.56. The summed E-state index contributed by atoms with van der Waals surface area (Å²) in [6.07, 6.45) is 3.22. The van der Waals surface area contributed by atoms with E-state index in [1.165, 1.54) is 11.3 Å². The van der Waals surface area contributed by atoms with Gasteiger partial charge in [0.2, 0.25) is 0 Å². The summed E-state index contributed by atoms with van der Waals surface area (Å²) < 4.78 is 2.31. The van der Waals surface area contributed by atoms with E-state index >= 15 is 0 Å². The standard InChI is InChI=1S/C10H7N3OS2/c14-10(13-6-4-11-12-5-6)9-3-8-7(16-9)1-2-15-8/h1-5H,(H,11,12)(H,13,14). The average molecular weight is 249 g/mol. The van der Waals surface area contributed by atoms with Crippen molar-refractivity contribution in [2.24, 2.45) is 0 Å². The van der Waals surface area contributed by atoms with Gasteiger partial charge in [0.1, 0.15) is 0 Å². The maximum absolute atomic E-state index is 11.8. The largest absolute Gasteiger partial charge is 0.319 e. The SMILES string of the molecule is O=C(Nc1cn[nH]c1)c1cc2sccc2s1. The summed E-state index contributed by atoms with van der Waals surface area (Å²) in [4.78, 5) is 12.6. The highest BCUT2D eigenvalue weighted by atomic mass is 32.1. The van der Waals surface area contributed by atoms with Gasteiger partial charge >= 0.3 is 0 Å². The van der Waals surface area contributed by atoms with E-state index in [4.69, 9.17) is 0 Å². The molecular weight excluding hydrogens is 242 g/mol. The van der Waals surface area contributed by atoms with Gasteiger partial charge in [0.25, 0.3) is 5.91 Å². The van der Waals surface area contributed by atoms with E-state index in [9.17, 15) is 4.79 Å². The molecule has 0 aliphatic rings. The third-order valence-electron chi connectivity index (χ3n) is 2.12. The number of thiophene rings is 2. The number of fused-ring (bicyclic) bond motifs is 1. The molecule has 0 radical (unpaired) electrons. The molecule has 0 saturated carbocycles. The van der Waals surface area contributed by atoms with Gasteiger partial charge in [-0.1, -0.05) is 0 Å². The van der Waals surface area contributed by atoms with Crippen LogP contribution >= 0.6 is 22.7 Å². The minimum absolute atomic E-state index is 0.0881. The van der Waals surface area contributed by atoms with Crippen molar-refractivity contribution < 1.29 is 4.79 Å². The summed E-state index contributed by atoms with van der Waals surface area (Å²) in [5.41, 5.74) is 0.682. The van der Waals surface area contributed by atoms with Gasteiger partial charge in [-0.3, -0.25) is 9.89 Å². The van der Waals surface area contributed by atoms with Crippen LogP contribution in [0.15, 0.2) is 29.9 Å². The van der Waals surface area contributed by atoms with Gasteiger partial charge in [0, 0.05) is 15.6 Å². The summed E-state index contributed by atoms with van der Waals surface area (Å²) in [5.74, 6) is -0.0881. The van der Waals surface area contributed by atoms with Crippen LogP contribution in [-0.4, -0.2) is 16.1 Å². The zero-order valence-electron chi connectivity index (χ0n) is 8.06. The van der Waals surface area contributed by atoms with Gasteiger partial charge in [-0.25, -0.2) is 0 Å². The Morgan fingerprint density at radius 3 is 3.12 bits per heavy atom. The molecule has 3 aromatic heterocycles. The predicted octanol–water partition coefficient (Wildman–Crippen LogP) is 2.94. The number of aromatic nitrogens is 2. The smallest absolute Gasteiger partial charge is 0.265 e. The highest BCUT2D eigenvalue weighted by Crippen LogP contribution is 2.30. The molecule has 3 aromatic rings. The van der Waals surface area contributed by atoms with E-state index in [1.54, 1.807) is 23.7 Å². The van der Waals surface area contributed by atoms with Crippen molar-refractivity contribution in [3.8, 4) is 0 Å². The van der Waals surface area contributed by atoms with E-state index in [1.807, 2.05) is 17.5 Å². The number of H-pyrrole nitrogens is 1. The molecule has 0 bridgehead atoms.